The van der Waals surface area contributed by atoms with Crippen LogP contribution in [0.1, 0.15) is 33.5 Å². The van der Waals surface area contributed by atoms with Crippen LogP contribution >= 0.6 is 0 Å². The molecule has 2 N–H and O–H groups in total. The Hall–Kier alpha value is -1.36. The van der Waals surface area contributed by atoms with Crippen LogP contribution in [0.3, 0.4) is 0 Å². The van der Waals surface area contributed by atoms with Gasteiger partial charge in [-0.15, -0.1) is 0 Å². The van der Waals surface area contributed by atoms with E-state index in [1.54, 1.807) is 0 Å². The predicted molar refractivity (Wildman–Crippen MR) is 74.5 cm³/mol. The molecule has 5 nitrogen and oxygen atoms in total. The zero-order valence-electron chi connectivity index (χ0n) is 11.8. The minimum absolute atomic E-state index is 0.410. The Morgan fingerprint density at radius 1 is 1.33 bits per heavy atom. The third kappa shape index (κ3) is 4.49. The molecule has 0 aromatic carbocycles. The van der Waals surface area contributed by atoms with Crippen LogP contribution in [0.5, 0.6) is 0 Å². The average Bonchev–Trinajstić information content (AvgIpc) is 2.32. The molecule has 1 rings (SSSR count). The lowest BCUT2D eigenvalue weighted by Gasteiger charge is -2.24. The summed E-state index contributed by atoms with van der Waals surface area (Å²) in [5.74, 6) is 2.61. The van der Waals surface area contributed by atoms with E-state index in [0.717, 1.165) is 18.9 Å². The number of aromatic nitrogens is 2. The van der Waals surface area contributed by atoms with Crippen molar-refractivity contribution in [3.05, 3.63) is 11.9 Å². The highest BCUT2D eigenvalue weighted by Gasteiger charge is 2.10. The Kier molecular flexibility index (Phi) is 5.85. The van der Waals surface area contributed by atoms with E-state index in [2.05, 4.69) is 35.6 Å². The van der Waals surface area contributed by atoms with Crippen molar-refractivity contribution in [1.82, 2.24) is 9.97 Å². The number of rotatable bonds is 7. The van der Waals surface area contributed by atoms with Crippen LogP contribution in [0.15, 0.2) is 6.07 Å². The summed E-state index contributed by atoms with van der Waals surface area (Å²) in [6.45, 7) is 11.4. The van der Waals surface area contributed by atoms with Gasteiger partial charge in [-0.1, -0.05) is 13.8 Å². The highest BCUT2D eigenvalue weighted by atomic mass is 16.5. The molecular weight excluding hydrogens is 228 g/mol. The molecule has 0 aliphatic heterocycles. The molecule has 0 aliphatic rings. The monoisotopic (exact) mass is 252 g/mol. The summed E-state index contributed by atoms with van der Waals surface area (Å²) in [5.41, 5.74) is 5.82. The zero-order chi connectivity index (χ0) is 13.5. The Morgan fingerprint density at radius 2 is 2.06 bits per heavy atom. The largest absolute Gasteiger partial charge is 0.384 e. The fourth-order valence-corrected chi connectivity index (χ4v) is 1.75. The van der Waals surface area contributed by atoms with E-state index in [9.17, 15) is 0 Å². The molecular formula is C13H24N4O. The fourth-order valence-electron chi connectivity index (χ4n) is 1.75. The lowest BCUT2D eigenvalue weighted by molar-refractivity contribution is 0.128. The second kappa shape index (κ2) is 7.16. The summed E-state index contributed by atoms with van der Waals surface area (Å²) in [5, 5.41) is 0. The van der Waals surface area contributed by atoms with E-state index >= 15 is 0 Å². The molecule has 102 valence electrons. The highest BCUT2D eigenvalue weighted by Crippen LogP contribution is 2.16. The Labute approximate surface area is 109 Å². The number of anilines is 2. The van der Waals surface area contributed by atoms with Gasteiger partial charge < -0.3 is 15.4 Å². The van der Waals surface area contributed by atoms with Crippen LogP contribution in [-0.4, -0.2) is 29.7 Å². The second-order valence-electron chi connectivity index (χ2n) is 4.64. The van der Waals surface area contributed by atoms with Crippen molar-refractivity contribution >= 4 is 11.6 Å². The first-order valence-corrected chi connectivity index (χ1v) is 6.52. The molecule has 0 saturated carbocycles. The molecule has 0 fully saturated rings. The van der Waals surface area contributed by atoms with E-state index in [4.69, 9.17) is 10.5 Å². The number of nitrogen functional groups attached to an aromatic ring is 1. The predicted octanol–water partition coefficient (Wildman–Crippen LogP) is 2.08. The first kappa shape index (κ1) is 14.7. The molecule has 0 saturated heterocycles. The SMILES string of the molecule is CCOCc1nc(N)cc(N(CC)CC(C)C)n1. The summed E-state index contributed by atoms with van der Waals surface area (Å²) < 4.78 is 5.32. The molecule has 0 spiro atoms. The first-order valence-electron chi connectivity index (χ1n) is 6.52. The zero-order valence-corrected chi connectivity index (χ0v) is 11.8. The maximum absolute atomic E-state index is 5.82. The number of hydrogen-bond acceptors (Lipinski definition) is 5. The van der Waals surface area contributed by atoms with E-state index in [-0.39, 0.29) is 0 Å². The molecule has 1 heterocycles. The van der Waals surface area contributed by atoms with Gasteiger partial charge in [-0.05, 0) is 19.8 Å². The molecule has 0 bridgehead atoms. The van der Waals surface area contributed by atoms with E-state index in [1.165, 1.54) is 0 Å². The molecule has 1 aromatic heterocycles. The molecule has 0 aliphatic carbocycles. The van der Waals surface area contributed by atoms with Gasteiger partial charge in [0.1, 0.15) is 18.2 Å². The maximum Gasteiger partial charge on any atom is 0.158 e. The van der Waals surface area contributed by atoms with Gasteiger partial charge in [-0.2, -0.15) is 0 Å². The lowest BCUT2D eigenvalue weighted by Crippen LogP contribution is -2.28. The quantitative estimate of drug-likeness (QED) is 0.805. The van der Waals surface area contributed by atoms with Crippen LogP contribution in [0.4, 0.5) is 11.6 Å². The van der Waals surface area contributed by atoms with Gasteiger partial charge in [0.2, 0.25) is 0 Å². The van der Waals surface area contributed by atoms with Crippen molar-refractivity contribution in [3.63, 3.8) is 0 Å². The van der Waals surface area contributed by atoms with Crippen molar-refractivity contribution in [1.29, 1.82) is 0 Å². The minimum Gasteiger partial charge on any atom is -0.384 e. The van der Waals surface area contributed by atoms with Crippen molar-refractivity contribution in [3.8, 4) is 0 Å². The summed E-state index contributed by atoms with van der Waals surface area (Å²) >= 11 is 0. The van der Waals surface area contributed by atoms with Gasteiger partial charge in [-0.25, -0.2) is 9.97 Å². The molecule has 0 radical (unpaired) electrons. The van der Waals surface area contributed by atoms with Gasteiger partial charge in [0.05, 0.1) is 0 Å². The second-order valence-corrected chi connectivity index (χ2v) is 4.64. The third-order valence-electron chi connectivity index (χ3n) is 2.51. The highest BCUT2D eigenvalue weighted by molar-refractivity contribution is 5.46. The van der Waals surface area contributed by atoms with Crippen LogP contribution < -0.4 is 10.6 Å². The van der Waals surface area contributed by atoms with E-state index < -0.39 is 0 Å². The molecule has 5 heteroatoms. The van der Waals surface area contributed by atoms with Gasteiger partial charge in [0.25, 0.3) is 0 Å². The topological polar surface area (TPSA) is 64.3 Å². The van der Waals surface area contributed by atoms with Crippen LogP contribution in [0, 0.1) is 5.92 Å². The van der Waals surface area contributed by atoms with E-state index in [1.807, 2.05) is 13.0 Å². The summed E-state index contributed by atoms with van der Waals surface area (Å²) in [6.07, 6.45) is 0. The van der Waals surface area contributed by atoms with Crippen LogP contribution in [0.2, 0.25) is 0 Å². The molecule has 0 unspecified atom stereocenters. The molecule has 0 amide bonds. The minimum atomic E-state index is 0.410. The fraction of sp³-hybridized carbons (Fsp3) is 0.692. The maximum atomic E-state index is 5.82. The van der Waals surface area contributed by atoms with Crippen molar-refractivity contribution in [2.75, 3.05) is 30.3 Å². The third-order valence-corrected chi connectivity index (χ3v) is 2.51. The van der Waals surface area contributed by atoms with Crippen molar-refractivity contribution < 1.29 is 4.74 Å². The number of nitrogens with zero attached hydrogens (tertiary/aromatic N) is 3. The summed E-state index contributed by atoms with van der Waals surface area (Å²) in [7, 11) is 0. The van der Waals surface area contributed by atoms with Gasteiger partial charge in [-0.3, -0.25) is 0 Å². The van der Waals surface area contributed by atoms with Crippen LogP contribution in [-0.2, 0) is 11.3 Å². The molecule has 18 heavy (non-hydrogen) atoms. The smallest absolute Gasteiger partial charge is 0.158 e. The van der Waals surface area contributed by atoms with E-state index in [0.29, 0.717) is 30.8 Å². The summed E-state index contributed by atoms with van der Waals surface area (Å²) in [6, 6.07) is 1.82. The Morgan fingerprint density at radius 3 is 2.61 bits per heavy atom. The van der Waals surface area contributed by atoms with Gasteiger partial charge >= 0.3 is 0 Å². The normalized spacial score (nSPS) is 10.9. The number of nitrogens with two attached hydrogens (primary N) is 1. The molecule has 1 aromatic rings. The van der Waals surface area contributed by atoms with Crippen molar-refractivity contribution in [2.45, 2.75) is 34.3 Å². The summed E-state index contributed by atoms with van der Waals surface area (Å²) in [4.78, 5) is 10.9. The number of ether oxygens (including phenoxy) is 1. The van der Waals surface area contributed by atoms with Gasteiger partial charge in [0.15, 0.2) is 5.82 Å². The van der Waals surface area contributed by atoms with Crippen LogP contribution in [0.25, 0.3) is 0 Å². The Bertz CT molecular complexity index is 368. The average molecular weight is 252 g/mol. The lowest BCUT2D eigenvalue weighted by atomic mass is 10.2. The standard InChI is InChI=1S/C13H24N4O/c1-5-17(8-10(3)4)13-7-11(14)15-12(16-13)9-18-6-2/h7,10H,5-6,8-9H2,1-4H3,(H2,14,15,16). The molecule has 0 atom stereocenters. The number of hydrogen-bond donors (Lipinski definition) is 1. The van der Waals surface area contributed by atoms with Crippen molar-refractivity contribution in [2.24, 2.45) is 5.92 Å². The van der Waals surface area contributed by atoms with Gasteiger partial charge in [0, 0.05) is 25.8 Å². The first-order chi connectivity index (χ1) is 8.56. The Balaban J connectivity index is 2.88.